The Bertz CT molecular complexity index is 540. The molecule has 2 fully saturated rings. The van der Waals surface area contributed by atoms with Crippen LogP contribution in [0.5, 0.6) is 11.5 Å². The highest BCUT2D eigenvalue weighted by Gasteiger charge is 2.34. The zero-order valence-corrected chi connectivity index (χ0v) is 13.6. The zero-order chi connectivity index (χ0) is 14.9. The van der Waals surface area contributed by atoms with Gasteiger partial charge in [0.2, 0.25) is 6.79 Å². The molecule has 5 heteroatoms. The van der Waals surface area contributed by atoms with Crippen LogP contribution in [0.1, 0.15) is 37.3 Å². The van der Waals surface area contributed by atoms with Crippen molar-refractivity contribution in [2.24, 2.45) is 5.92 Å². The number of benzene rings is 1. The maximum absolute atomic E-state index is 6.62. The van der Waals surface area contributed by atoms with E-state index in [1.807, 2.05) is 6.07 Å². The summed E-state index contributed by atoms with van der Waals surface area (Å²) in [6, 6.07) is 4.46. The van der Waals surface area contributed by atoms with Crippen LogP contribution >= 0.6 is 11.6 Å². The molecule has 1 aromatic carbocycles. The molecule has 4 rings (SSSR count). The summed E-state index contributed by atoms with van der Waals surface area (Å²) < 4.78 is 11.0. The van der Waals surface area contributed by atoms with E-state index in [4.69, 9.17) is 21.1 Å². The van der Waals surface area contributed by atoms with Gasteiger partial charge in [0.05, 0.1) is 0 Å². The van der Waals surface area contributed by atoms with Gasteiger partial charge in [0.1, 0.15) is 0 Å². The lowest BCUT2D eigenvalue weighted by molar-refractivity contribution is 0.125. The first kappa shape index (κ1) is 14.6. The van der Waals surface area contributed by atoms with E-state index >= 15 is 0 Å². The van der Waals surface area contributed by atoms with E-state index in [0.717, 1.165) is 42.7 Å². The highest BCUT2D eigenvalue weighted by atomic mass is 35.5. The van der Waals surface area contributed by atoms with Gasteiger partial charge in [-0.1, -0.05) is 24.4 Å². The molecule has 0 aromatic heterocycles. The molecular weight excluding hydrogens is 300 g/mol. The molecule has 1 atom stereocenters. The van der Waals surface area contributed by atoms with Crippen LogP contribution < -0.4 is 14.8 Å². The summed E-state index contributed by atoms with van der Waals surface area (Å²) in [6.07, 6.45) is 5.30. The van der Waals surface area contributed by atoms with E-state index < -0.39 is 0 Å². The topological polar surface area (TPSA) is 33.7 Å². The van der Waals surface area contributed by atoms with E-state index in [1.165, 1.54) is 31.2 Å². The number of nitrogens with one attached hydrogen (secondary N) is 1. The maximum atomic E-state index is 6.62. The van der Waals surface area contributed by atoms with Crippen molar-refractivity contribution in [1.82, 2.24) is 10.2 Å². The third kappa shape index (κ3) is 2.68. The Balaban J connectivity index is 1.70. The van der Waals surface area contributed by atoms with Gasteiger partial charge in [-0.2, -0.15) is 0 Å². The number of ether oxygens (including phenoxy) is 2. The lowest BCUT2D eigenvalue weighted by Crippen LogP contribution is -2.46. The predicted octanol–water partition coefficient (Wildman–Crippen LogP) is 3.21. The van der Waals surface area contributed by atoms with Crippen LogP contribution in [0, 0.1) is 5.92 Å². The molecule has 1 aromatic rings. The van der Waals surface area contributed by atoms with Gasteiger partial charge < -0.3 is 14.8 Å². The Kier molecular flexibility index (Phi) is 4.16. The minimum absolute atomic E-state index is 0.302. The summed E-state index contributed by atoms with van der Waals surface area (Å²) in [5, 5.41) is 4.27. The molecule has 3 aliphatic rings. The third-order valence-corrected chi connectivity index (χ3v) is 5.53. The van der Waals surface area contributed by atoms with E-state index in [-0.39, 0.29) is 0 Å². The monoisotopic (exact) mass is 322 g/mol. The van der Waals surface area contributed by atoms with E-state index in [1.54, 1.807) is 0 Å². The predicted molar refractivity (Wildman–Crippen MR) is 86.7 cm³/mol. The van der Waals surface area contributed by atoms with Crippen LogP contribution in [0.25, 0.3) is 0 Å². The second kappa shape index (κ2) is 6.26. The Morgan fingerprint density at radius 2 is 1.77 bits per heavy atom. The smallest absolute Gasteiger partial charge is 0.231 e. The summed E-state index contributed by atoms with van der Waals surface area (Å²) in [5.74, 6) is 2.33. The average Bonchev–Trinajstić information content (AvgIpc) is 3.20. The maximum Gasteiger partial charge on any atom is 0.231 e. The quantitative estimate of drug-likeness (QED) is 0.926. The van der Waals surface area contributed by atoms with Gasteiger partial charge in [0.25, 0.3) is 0 Å². The van der Waals surface area contributed by atoms with E-state index in [2.05, 4.69) is 16.3 Å². The van der Waals surface area contributed by atoms with Crippen LogP contribution in [0.15, 0.2) is 12.1 Å². The Morgan fingerprint density at radius 1 is 1.09 bits per heavy atom. The van der Waals surface area contributed by atoms with Gasteiger partial charge >= 0.3 is 0 Å². The van der Waals surface area contributed by atoms with Crippen LogP contribution in [0.2, 0.25) is 5.02 Å². The second-order valence-corrected chi connectivity index (χ2v) is 6.91. The molecule has 1 aliphatic carbocycles. The largest absolute Gasteiger partial charge is 0.454 e. The van der Waals surface area contributed by atoms with Crippen molar-refractivity contribution in [3.8, 4) is 11.5 Å². The van der Waals surface area contributed by atoms with Crippen molar-refractivity contribution in [2.75, 3.05) is 33.0 Å². The molecule has 120 valence electrons. The molecular formula is C17H23ClN2O2. The molecule has 4 nitrogen and oxygen atoms in total. The average molecular weight is 323 g/mol. The fourth-order valence-corrected chi connectivity index (χ4v) is 4.41. The lowest BCUT2D eigenvalue weighted by atomic mass is 9.89. The number of rotatable bonds is 3. The highest BCUT2D eigenvalue weighted by molar-refractivity contribution is 6.31. The number of nitrogens with zero attached hydrogens (tertiary/aromatic N) is 1. The lowest BCUT2D eigenvalue weighted by Gasteiger charge is -2.39. The molecule has 2 aliphatic heterocycles. The van der Waals surface area contributed by atoms with Crippen molar-refractivity contribution < 1.29 is 9.47 Å². The van der Waals surface area contributed by atoms with Crippen molar-refractivity contribution in [2.45, 2.75) is 31.7 Å². The number of fused-ring (bicyclic) bond motifs is 1. The van der Waals surface area contributed by atoms with Gasteiger partial charge in [0.15, 0.2) is 11.5 Å². The molecule has 1 saturated carbocycles. The Labute approximate surface area is 136 Å². The standard InChI is InChI=1S/C17H23ClN2O2/c18-14-10-16-15(21-11-22-16)9-13(14)17(12-3-1-2-4-12)20-7-5-19-6-8-20/h9-10,12,17,19H,1-8,11H2/t17-/m1/s1. The summed E-state index contributed by atoms with van der Waals surface area (Å²) in [7, 11) is 0. The zero-order valence-electron chi connectivity index (χ0n) is 12.8. The Morgan fingerprint density at radius 3 is 2.50 bits per heavy atom. The molecule has 22 heavy (non-hydrogen) atoms. The SMILES string of the molecule is Clc1cc2c(cc1[C@@H](C1CCCC1)N1CCNCC1)OCO2. The molecule has 0 amide bonds. The highest BCUT2D eigenvalue weighted by Crippen LogP contribution is 2.46. The first-order valence-electron chi connectivity index (χ1n) is 8.37. The summed E-state index contributed by atoms with van der Waals surface area (Å²) in [4.78, 5) is 2.61. The van der Waals surface area contributed by atoms with Crippen LogP contribution in [0.4, 0.5) is 0 Å². The van der Waals surface area contributed by atoms with Crippen molar-refractivity contribution >= 4 is 11.6 Å². The molecule has 0 spiro atoms. The molecule has 1 saturated heterocycles. The summed E-state index contributed by atoms with van der Waals surface area (Å²) in [6.45, 7) is 4.60. The number of hydrogen-bond acceptors (Lipinski definition) is 4. The van der Waals surface area contributed by atoms with Gasteiger partial charge in [-0.05, 0) is 30.4 Å². The second-order valence-electron chi connectivity index (χ2n) is 6.50. The van der Waals surface area contributed by atoms with E-state index in [9.17, 15) is 0 Å². The first-order valence-corrected chi connectivity index (χ1v) is 8.74. The Hall–Kier alpha value is -0.970. The summed E-state index contributed by atoms with van der Waals surface area (Å²) in [5.41, 5.74) is 1.22. The molecule has 0 radical (unpaired) electrons. The number of hydrogen-bond donors (Lipinski definition) is 1. The molecule has 1 N–H and O–H groups in total. The fraction of sp³-hybridized carbons (Fsp3) is 0.647. The summed E-state index contributed by atoms with van der Waals surface area (Å²) >= 11 is 6.62. The van der Waals surface area contributed by atoms with Crippen molar-refractivity contribution in [3.63, 3.8) is 0 Å². The van der Waals surface area contributed by atoms with Crippen molar-refractivity contribution in [3.05, 3.63) is 22.7 Å². The first-order chi connectivity index (χ1) is 10.8. The van der Waals surface area contributed by atoms with Crippen LogP contribution in [0.3, 0.4) is 0 Å². The van der Waals surface area contributed by atoms with Crippen LogP contribution in [-0.2, 0) is 0 Å². The number of halogens is 1. The van der Waals surface area contributed by atoms with Crippen molar-refractivity contribution in [1.29, 1.82) is 0 Å². The molecule has 0 bridgehead atoms. The normalized spacial score (nSPS) is 23.9. The van der Waals surface area contributed by atoms with Gasteiger partial charge in [0, 0.05) is 43.3 Å². The van der Waals surface area contributed by atoms with Gasteiger partial charge in [-0.3, -0.25) is 4.90 Å². The van der Waals surface area contributed by atoms with E-state index in [0.29, 0.717) is 18.8 Å². The van der Waals surface area contributed by atoms with Gasteiger partial charge in [-0.15, -0.1) is 0 Å². The molecule has 2 heterocycles. The molecule has 0 unspecified atom stereocenters. The minimum atomic E-state index is 0.302. The third-order valence-electron chi connectivity index (χ3n) is 5.20. The number of piperazine rings is 1. The van der Waals surface area contributed by atoms with Crippen LogP contribution in [-0.4, -0.2) is 37.9 Å². The minimum Gasteiger partial charge on any atom is -0.454 e. The fourth-order valence-electron chi connectivity index (χ4n) is 4.14. The van der Waals surface area contributed by atoms with Gasteiger partial charge in [-0.25, -0.2) is 0 Å².